The molecule has 28 heteroatoms. The number of aromatic nitrogens is 2. The smallest absolute Gasteiger partial charge is 0.790 e. The second kappa shape index (κ2) is 19.4. The van der Waals surface area contributed by atoms with Crippen LogP contribution in [0.3, 0.4) is 0 Å². The number of aliphatic hydroxyl groups is 2. The molecule has 1 fully saturated rings. The molecule has 0 spiro atoms. The van der Waals surface area contributed by atoms with Crippen LogP contribution in [-0.2, 0) is 35.9 Å². The summed E-state index contributed by atoms with van der Waals surface area (Å²) in [7, 11) is -24.1. The van der Waals surface area contributed by atoms with Crippen molar-refractivity contribution in [2.75, 3.05) is 12.3 Å². The van der Waals surface area contributed by atoms with Crippen LogP contribution in [0.4, 0.5) is 5.82 Å². The molecule has 1 saturated heterocycles. The second-order valence-corrected chi connectivity index (χ2v) is 11.4. The number of anilines is 1. The van der Waals surface area contributed by atoms with Crippen LogP contribution in [0.1, 0.15) is 12.6 Å². The van der Waals surface area contributed by atoms with Gasteiger partial charge in [0.2, 0.25) is 0 Å². The Morgan fingerprint density at radius 1 is 1.03 bits per heavy atom. The molecular weight excluding hydrogens is 638 g/mol. The first-order valence-corrected chi connectivity index (χ1v) is 13.8. The van der Waals surface area contributed by atoms with Crippen molar-refractivity contribution < 1.29 is 194 Å². The summed E-state index contributed by atoms with van der Waals surface area (Å²) in [6.45, 7) is -0.283. The molecule has 0 aliphatic carbocycles. The van der Waals surface area contributed by atoms with Gasteiger partial charge in [0, 0.05) is 12.6 Å². The number of hydrogen-bond acceptors (Lipinski definition) is 17. The largest absolute Gasteiger partial charge is 1.00 e. The Kier molecular flexibility index (Phi) is 24.7. The van der Waals surface area contributed by atoms with Crippen molar-refractivity contribution in [3.05, 3.63) is 22.7 Å². The van der Waals surface area contributed by atoms with Gasteiger partial charge in [0.05, 0.1) is 20.5 Å². The zero-order chi connectivity index (χ0) is 25.8. The zero-order valence-electron chi connectivity index (χ0n) is 19.7. The minimum atomic E-state index is -6.20. The van der Waals surface area contributed by atoms with Gasteiger partial charge in [0.25, 0.3) is 15.6 Å². The van der Waals surface area contributed by atoms with E-state index in [1.54, 1.807) is 0 Å². The maximum absolute atomic E-state index is 11.5. The number of nitrogen functional groups attached to an aromatic ring is 1. The minimum absolute atomic E-state index is 0. The van der Waals surface area contributed by atoms with E-state index < -0.39 is 55.4 Å². The molecule has 2 heterocycles. The third-order valence-electron chi connectivity index (χ3n) is 3.15. The van der Waals surface area contributed by atoms with Crippen LogP contribution in [0.15, 0.2) is 17.1 Å². The number of rotatable bonds is 8. The van der Waals surface area contributed by atoms with Crippen LogP contribution < -0.4 is 149 Å². The summed E-state index contributed by atoms with van der Waals surface area (Å²) in [5.41, 5.74) is 4.82. The van der Waals surface area contributed by atoms with Gasteiger partial charge >= 0.3 is 132 Å². The first kappa shape index (κ1) is 47.1. The molecule has 1 aromatic heterocycles. The van der Waals surface area contributed by atoms with Crippen molar-refractivity contribution in [1.29, 1.82) is 0 Å². The molecular formula is C9H15N3Na4O17P4. The standard InChI is InChI=1S/C9H13N3O4.4Na.H6O13P4/c10-7-1-2-12(9(15)11-7)8-3-5(14)6(4-13)16-8;;;;;1-14(2,3)11-16(7,8)13-17(9,10)12-15(4,5)6/h1-2,5-6,8,13-14H,3-4H2,(H2,10,11,15);;;;;(H,7,8)(H,9,10)(H2,1,2,3)(H2,4,5,6)/q;4*+1;/p-4/t5-,6+,8+;;;;;/m0...../s1. The zero-order valence-corrected chi connectivity index (χ0v) is 31.2. The first-order chi connectivity index (χ1) is 14.7. The Morgan fingerprint density at radius 2 is 1.51 bits per heavy atom. The number of hydrogen-bond donors (Lipinski definition) is 5. The van der Waals surface area contributed by atoms with Crippen molar-refractivity contribution >= 4 is 37.1 Å². The average molecular weight is 653 g/mol. The fourth-order valence-electron chi connectivity index (χ4n) is 2.10. The predicted molar refractivity (Wildman–Crippen MR) is 92.6 cm³/mol. The van der Waals surface area contributed by atoms with Gasteiger partial charge in [-0.1, -0.05) is 0 Å². The molecule has 1 aromatic rings. The van der Waals surface area contributed by atoms with Gasteiger partial charge in [-0.25, -0.2) is 18.0 Å². The number of phosphoric acid groups is 4. The predicted octanol–water partition coefficient (Wildman–Crippen LogP) is -16.6. The van der Waals surface area contributed by atoms with Crippen LogP contribution in [0.5, 0.6) is 0 Å². The van der Waals surface area contributed by atoms with E-state index in [1.807, 2.05) is 0 Å². The summed E-state index contributed by atoms with van der Waals surface area (Å²) < 4.78 is 55.8. The summed E-state index contributed by atoms with van der Waals surface area (Å²) in [6.07, 6.45) is -0.333. The molecule has 20 nitrogen and oxygen atoms in total. The normalized spacial score (nSPS) is 22.2. The van der Waals surface area contributed by atoms with E-state index in [4.69, 9.17) is 25.4 Å². The fourth-order valence-corrected chi connectivity index (χ4v) is 5.88. The fraction of sp³-hybridized carbons (Fsp3) is 0.556. The Hall–Kier alpha value is 3.12. The Labute approximate surface area is 296 Å². The number of nitrogens with zero attached hydrogens (tertiary/aromatic N) is 2. The summed E-state index contributed by atoms with van der Waals surface area (Å²) >= 11 is 0. The van der Waals surface area contributed by atoms with E-state index >= 15 is 0 Å². The van der Waals surface area contributed by atoms with Gasteiger partial charge in [0.1, 0.15) is 18.1 Å². The average Bonchev–Trinajstić information content (AvgIpc) is 2.90. The van der Waals surface area contributed by atoms with E-state index in [0.717, 1.165) is 0 Å². The van der Waals surface area contributed by atoms with Crippen molar-refractivity contribution in [3.63, 3.8) is 0 Å². The van der Waals surface area contributed by atoms with Gasteiger partial charge in [-0.2, -0.15) is 4.98 Å². The monoisotopic (exact) mass is 653 g/mol. The third kappa shape index (κ3) is 19.8. The number of ether oxygens (including phenoxy) is 1. The van der Waals surface area contributed by atoms with E-state index in [-0.39, 0.29) is 137 Å². The van der Waals surface area contributed by atoms with Crippen molar-refractivity contribution in [2.45, 2.75) is 24.9 Å². The van der Waals surface area contributed by atoms with E-state index in [9.17, 15) is 47.7 Å². The quantitative estimate of drug-likeness (QED) is 0.128. The molecule has 0 aromatic carbocycles. The Morgan fingerprint density at radius 3 is 1.89 bits per heavy atom. The molecule has 1 aliphatic rings. The molecule has 37 heavy (non-hydrogen) atoms. The van der Waals surface area contributed by atoms with Gasteiger partial charge in [0.15, 0.2) is 0 Å². The van der Waals surface area contributed by atoms with Crippen LogP contribution in [0.2, 0.25) is 0 Å². The summed E-state index contributed by atoms with van der Waals surface area (Å²) in [5, 5.41) is 18.4. The molecule has 192 valence electrons. The second-order valence-electron chi connectivity index (χ2n) is 5.73. The summed E-state index contributed by atoms with van der Waals surface area (Å²) in [4.78, 5) is 71.7. The van der Waals surface area contributed by atoms with Crippen LogP contribution in [-0.4, -0.2) is 48.4 Å². The van der Waals surface area contributed by atoms with E-state index in [2.05, 4.69) is 17.9 Å². The molecule has 0 radical (unpaired) electrons. The SMILES string of the molecule is Nc1ccn([C@H]2C[C@H](O)[C@@H](CO)O2)c(=O)n1.O=P([O-])([O-])OP(=O)([O-])OP(=O)([O-])OP(=O)(O)O.[Na+].[Na+].[Na+].[Na+]. The van der Waals surface area contributed by atoms with Crippen molar-refractivity contribution in [2.24, 2.45) is 0 Å². The van der Waals surface area contributed by atoms with Gasteiger partial charge in [-0.15, -0.1) is 0 Å². The van der Waals surface area contributed by atoms with Gasteiger partial charge in [-0.05, 0) is 6.07 Å². The third-order valence-corrected chi connectivity index (χ3v) is 8.00. The van der Waals surface area contributed by atoms with Crippen LogP contribution in [0, 0.1) is 0 Å². The van der Waals surface area contributed by atoms with Gasteiger partial charge < -0.3 is 54.6 Å². The van der Waals surface area contributed by atoms with E-state index in [0.29, 0.717) is 0 Å². The Bertz CT molecular complexity index is 1040. The molecule has 2 rings (SSSR count). The molecule has 6 N–H and O–H groups in total. The van der Waals surface area contributed by atoms with Crippen molar-refractivity contribution in [3.8, 4) is 0 Å². The molecule has 0 bridgehead atoms. The minimum Gasteiger partial charge on any atom is -0.790 e. The van der Waals surface area contributed by atoms with Crippen molar-refractivity contribution in [1.82, 2.24) is 9.55 Å². The molecule has 0 amide bonds. The van der Waals surface area contributed by atoms with Crippen LogP contribution in [0.25, 0.3) is 0 Å². The Balaban J connectivity index is -0.000000266. The molecule has 5 atom stereocenters. The van der Waals surface area contributed by atoms with Gasteiger partial charge in [-0.3, -0.25) is 18.0 Å². The molecule has 2 unspecified atom stereocenters. The molecule has 0 saturated carbocycles. The summed E-state index contributed by atoms with van der Waals surface area (Å²) in [6, 6.07) is 1.48. The van der Waals surface area contributed by atoms with E-state index in [1.165, 1.54) is 16.8 Å². The number of aliphatic hydroxyl groups excluding tert-OH is 2. The topological polar surface area (TPSA) is 339 Å². The maximum atomic E-state index is 11.5. The first-order valence-electron chi connectivity index (χ1n) is 7.86. The molecule has 1 aliphatic heterocycles. The number of nitrogens with two attached hydrogens (primary N) is 1. The summed E-state index contributed by atoms with van der Waals surface area (Å²) in [5.74, 6) is 0.138. The van der Waals surface area contributed by atoms with Crippen LogP contribution >= 0.6 is 31.3 Å². The maximum Gasteiger partial charge on any atom is 1.00 e.